The molecule has 1 atom stereocenters. The van der Waals surface area contributed by atoms with Gasteiger partial charge in [-0.2, -0.15) is 0 Å². The molecule has 0 heterocycles. The fourth-order valence-electron chi connectivity index (χ4n) is 1.89. The van der Waals surface area contributed by atoms with E-state index < -0.39 is 0 Å². The number of nitrogens with zero attached hydrogens (tertiary/aromatic N) is 1. The molecule has 0 aliphatic rings. The smallest absolute Gasteiger partial charge is 0.220 e. The monoisotopic (exact) mass is 257 g/mol. The van der Waals surface area contributed by atoms with Crippen molar-refractivity contribution in [2.75, 3.05) is 26.7 Å². The number of hydrogen-bond acceptors (Lipinski definition) is 3. The molecule has 0 saturated heterocycles. The molecule has 3 N–H and O–H groups in total. The van der Waals surface area contributed by atoms with Gasteiger partial charge in [0.1, 0.15) is 0 Å². The summed E-state index contributed by atoms with van der Waals surface area (Å²) in [6.07, 6.45) is 1.58. The zero-order chi connectivity index (χ0) is 14.1. The average molecular weight is 257 g/mol. The molecule has 0 aliphatic carbocycles. The maximum atomic E-state index is 11.8. The van der Waals surface area contributed by atoms with Crippen LogP contribution in [0.4, 0.5) is 0 Å². The highest BCUT2D eigenvalue weighted by molar-refractivity contribution is 5.76. The van der Waals surface area contributed by atoms with Crippen LogP contribution in [0.25, 0.3) is 0 Å². The average Bonchev–Trinajstić information content (AvgIpc) is 2.27. The number of likely N-dealkylation sites (N-methyl/N-ethyl adjacent to an activating group) is 1. The van der Waals surface area contributed by atoms with Gasteiger partial charge in [0.2, 0.25) is 5.91 Å². The van der Waals surface area contributed by atoms with Gasteiger partial charge in [-0.3, -0.25) is 4.79 Å². The van der Waals surface area contributed by atoms with Gasteiger partial charge in [-0.15, -0.1) is 0 Å². The second-order valence-corrected chi connectivity index (χ2v) is 5.86. The van der Waals surface area contributed by atoms with Crippen molar-refractivity contribution in [3.8, 4) is 0 Å². The van der Waals surface area contributed by atoms with Crippen LogP contribution in [0, 0.1) is 11.8 Å². The molecular formula is C14H31N3O. The Bertz CT molecular complexity index is 229. The van der Waals surface area contributed by atoms with Crippen LogP contribution < -0.4 is 11.1 Å². The van der Waals surface area contributed by atoms with Crippen LogP contribution in [-0.4, -0.2) is 43.5 Å². The van der Waals surface area contributed by atoms with E-state index in [4.69, 9.17) is 5.73 Å². The molecule has 0 bridgehead atoms. The van der Waals surface area contributed by atoms with E-state index in [0.29, 0.717) is 37.4 Å². The van der Waals surface area contributed by atoms with Gasteiger partial charge in [-0.1, -0.05) is 13.8 Å². The number of carbonyl (C=O) groups is 1. The van der Waals surface area contributed by atoms with Crippen LogP contribution >= 0.6 is 0 Å². The quantitative estimate of drug-likeness (QED) is 0.657. The van der Waals surface area contributed by atoms with Crippen molar-refractivity contribution in [2.45, 2.75) is 46.6 Å². The number of nitrogens with two attached hydrogens (primary N) is 1. The normalized spacial score (nSPS) is 13.4. The fourth-order valence-corrected chi connectivity index (χ4v) is 1.89. The minimum absolute atomic E-state index is 0.128. The van der Waals surface area contributed by atoms with E-state index in [1.807, 2.05) is 0 Å². The van der Waals surface area contributed by atoms with E-state index in [2.05, 4.69) is 45.0 Å². The maximum absolute atomic E-state index is 11.8. The third-order valence-corrected chi connectivity index (χ3v) is 3.28. The number of rotatable bonds is 9. The first kappa shape index (κ1) is 17.4. The molecule has 4 nitrogen and oxygen atoms in total. The van der Waals surface area contributed by atoms with Crippen molar-refractivity contribution in [1.29, 1.82) is 0 Å². The Kier molecular flexibility index (Phi) is 9.02. The highest BCUT2D eigenvalue weighted by atomic mass is 16.1. The van der Waals surface area contributed by atoms with E-state index in [1.54, 1.807) is 0 Å². The fraction of sp³-hybridized carbons (Fsp3) is 0.929. The predicted octanol–water partition coefficient (Wildman–Crippen LogP) is 1.45. The Morgan fingerprint density at radius 1 is 1.28 bits per heavy atom. The SMILES string of the molecule is CC(C)C[C@H](CN)CC(=O)NCCN(C)C(C)C. The summed E-state index contributed by atoms with van der Waals surface area (Å²) in [5.41, 5.74) is 5.70. The molecule has 0 aromatic rings. The summed E-state index contributed by atoms with van der Waals surface area (Å²) in [4.78, 5) is 14.0. The zero-order valence-corrected chi connectivity index (χ0v) is 12.7. The van der Waals surface area contributed by atoms with Gasteiger partial charge in [-0.05, 0) is 45.7 Å². The van der Waals surface area contributed by atoms with Crippen molar-refractivity contribution in [1.82, 2.24) is 10.2 Å². The molecule has 18 heavy (non-hydrogen) atoms. The molecule has 0 saturated carbocycles. The Morgan fingerprint density at radius 3 is 2.33 bits per heavy atom. The Morgan fingerprint density at radius 2 is 1.89 bits per heavy atom. The van der Waals surface area contributed by atoms with Crippen molar-refractivity contribution in [3.63, 3.8) is 0 Å². The summed E-state index contributed by atoms with van der Waals surface area (Å²) in [6.45, 7) is 10.8. The van der Waals surface area contributed by atoms with Crippen LogP contribution in [0.1, 0.15) is 40.5 Å². The molecule has 4 heteroatoms. The number of amides is 1. The van der Waals surface area contributed by atoms with E-state index in [-0.39, 0.29) is 5.91 Å². The van der Waals surface area contributed by atoms with Gasteiger partial charge >= 0.3 is 0 Å². The molecule has 0 aromatic heterocycles. The van der Waals surface area contributed by atoms with Crippen molar-refractivity contribution >= 4 is 5.91 Å². The van der Waals surface area contributed by atoms with Crippen molar-refractivity contribution < 1.29 is 4.79 Å². The van der Waals surface area contributed by atoms with Gasteiger partial charge in [0.05, 0.1) is 0 Å². The molecule has 0 rings (SSSR count). The highest BCUT2D eigenvalue weighted by Crippen LogP contribution is 2.13. The first-order valence-electron chi connectivity index (χ1n) is 7.03. The summed E-state index contributed by atoms with van der Waals surface area (Å²) >= 11 is 0. The predicted molar refractivity (Wildman–Crippen MR) is 77.4 cm³/mol. The van der Waals surface area contributed by atoms with E-state index >= 15 is 0 Å². The standard InChI is InChI=1S/C14H31N3O/c1-11(2)8-13(10-15)9-14(18)16-6-7-17(5)12(3)4/h11-13H,6-10,15H2,1-5H3,(H,16,18)/t13-/m0/s1. The van der Waals surface area contributed by atoms with Crippen molar-refractivity contribution in [3.05, 3.63) is 0 Å². The minimum Gasteiger partial charge on any atom is -0.355 e. The zero-order valence-electron chi connectivity index (χ0n) is 12.7. The summed E-state index contributed by atoms with van der Waals surface area (Å²) < 4.78 is 0. The van der Waals surface area contributed by atoms with Gasteiger partial charge < -0.3 is 16.0 Å². The Balaban J connectivity index is 3.82. The summed E-state index contributed by atoms with van der Waals surface area (Å²) in [7, 11) is 2.07. The summed E-state index contributed by atoms with van der Waals surface area (Å²) in [5.74, 6) is 1.04. The molecule has 0 fully saturated rings. The molecule has 0 aromatic carbocycles. The largest absolute Gasteiger partial charge is 0.355 e. The van der Waals surface area contributed by atoms with Gasteiger partial charge in [0.25, 0.3) is 0 Å². The first-order chi connectivity index (χ1) is 8.36. The Hall–Kier alpha value is -0.610. The summed E-state index contributed by atoms with van der Waals surface area (Å²) in [6, 6.07) is 0.514. The third kappa shape index (κ3) is 8.48. The van der Waals surface area contributed by atoms with Crippen LogP contribution in [0.5, 0.6) is 0 Å². The van der Waals surface area contributed by atoms with E-state index in [0.717, 1.165) is 13.0 Å². The molecule has 108 valence electrons. The van der Waals surface area contributed by atoms with Gasteiger partial charge in [0, 0.05) is 25.6 Å². The number of hydrogen-bond donors (Lipinski definition) is 2. The highest BCUT2D eigenvalue weighted by Gasteiger charge is 2.14. The lowest BCUT2D eigenvalue weighted by Gasteiger charge is -2.21. The molecule has 1 amide bonds. The Labute approximate surface area is 112 Å². The van der Waals surface area contributed by atoms with E-state index in [9.17, 15) is 4.79 Å². The van der Waals surface area contributed by atoms with Gasteiger partial charge in [-0.25, -0.2) is 0 Å². The topological polar surface area (TPSA) is 58.4 Å². The molecular weight excluding hydrogens is 226 g/mol. The molecule has 0 unspecified atom stereocenters. The first-order valence-corrected chi connectivity index (χ1v) is 7.03. The third-order valence-electron chi connectivity index (χ3n) is 3.28. The molecule has 0 aliphatic heterocycles. The molecule has 0 radical (unpaired) electrons. The second-order valence-electron chi connectivity index (χ2n) is 5.86. The summed E-state index contributed by atoms with van der Waals surface area (Å²) in [5, 5.41) is 2.97. The van der Waals surface area contributed by atoms with Crippen molar-refractivity contribution in [2.24, 2.45) is 17.6 Å². The minimum atomic E-state index is 0.128. The maximum Gasteiger partial charge on any atom is 0.220 e. The van der Waals surface area contributed by atoms with Gasteiger partial charge in [0.15, 0.2) is 0 Å². The number of carbonyl (C=O) groups excluding carboxylic acids is 1. The lowest BCUT2D eigenvalue weighted by atomic mass is 9.94. The van der Waals surface area contributed by atoms with Crippen LogP contribution in [-0.2, 0) is 4.79 Å². The number of nitrogens with one attached hydrogen (secondary N) is 1. The van der Waals surface area contributed by atoms with Crippen LogP contribution in [0.2, 0.25) is 0 Å². The van der Waals surface area contributed by atoms with E-state index in [1.165, 1.54) is 0 Å². The lowest BCUT2D eigenvalue weighted by molar-refractivity contribution is -0.122. The molecule has 0 spiro atoms. The van der Waals surface area contributed by atoms with Crippen LogP contribution in [0.15, 0.2) is 0 Å². The van der Waals surface area contributed by atoms with Crippen LogP contribution in [0.3, 0.4) is 0 Å². The second kappa shape index (κ2) is 9.34. The lowest BCUT2D eigenvalue weighted by Crippen LogP contribution is -2.37.